The number of hydrogen-bond acceptors (Lipinski definition) is 0. The Hall–Kier alpha value is 0.220. The van der Waals surface area contributed by atoms with Gasteiger partial charge in [0, 0.05) is 19.0 Å². The van der Waals surface area contributed by atoms with Gasteiger partial charge < -0.3 is 0 Å². The number of rotatable bonds is 2. The summed E-state index contributed by atoms with van der Waals surface area (Å²) in [4.78, 5) is -0.576. The molecule has 2 aromatic rings. The number of hydrogen-bond donors (Lipinski definition) is 0. The summed E-state index contributed by atoms with van der Waals surface area (Å²) < 4.78 is 29.9. The lowest BCUT2D eigenvalue weighted by atomic mass is 10.0. The third-order valence-electron chi connectivity index (χ3n) is 2.53. The fraction of sp³-hybridized carbons (Fsp3) is 0.0769. The molecule has 0 bridgehead atoms. The van der Waals surface area contributed by atoms with Gasteiger partial charge in [0.25, 0.3) is 0 Å². The van der Waals surface area contributed by atoms with Gasteiger partial charge in [0.15, 0.2) is 0 Å². The van der Waals surface area contributed by atoms with E-state index in [0.29, 0.717) is 4.47 Å². The Morgan fingerprint density at radius 1 is 0.842 bits per heavy atom. The van der Waals surface area contributed by atoms with Crippen LogP contribution in [0.25, 0.3) is 0 Å². The lowest BCUT2D eigenvalue weighted by Gasteiger charge is -2.15. The van der Waals surface area contributed by atoms with E-state index in [1.54, 1.807) is 0 Å². The normalized spacial score (nSPS) is 12.5. The van der Waals surface area contributed by atoms with Crippen molar-refractivity contribution in [3.63, 3.8) is 0 Å². The quantitative estimate of drug-likeness (QED) is 0.386. The maximum atomic E-state index is 14.0. The van der Waals surface area contributed by atoms with Crippen molar-refractivity contribution in [2.45, 2.75) is 4.83 Å². The second-order valence-electron chi connectivity index (χ2n) is 3.81. The largest absolute Gasteiger partial charge is 0.206 e. The molecule has 0 N–H and O–H groups in total. The molecule has 0 fully saturated rings. The summed E-state index contributed by atoms with van der Waals surface area (Å²) in [5.74, 6) is -1.19. The SMILES string of the molecule is Fc1cc(Br)cc(F)c1C(Br)c1cc(Br)ccc1Br. The first-order valence-electron chi connectivity index (χ1n) is 5.13. The van der Waals surface area contributed by atoms with Gasteiger partial charge in [-0.1, -0.05) is 63.7 Å². The maximum absolute atomic E-state index is 14.0. The van der Waals surface area contributed by atoms with E-state index in [4.69, 9.17) is 0 Å². The second kappa shape index (κ2) is 6.33. The van der Waals surface area contributed by atoms with Gasteiger partial charge in [-0.2, -0.15) is 0 Å². The average molecular weight is 520 g/mol. The lowest BCUT2D eigenvalue weighted by Crippen LogP contribution is -2.02. The van der Waals surface area contributed by atoms with E-state index in [1.807, 2.05) is 18.2 Å². The molecule has 19 heavy (non-hydrogen) atoms. The smallest absolute Gasteiger partial charge is 0.131 e. The molecule has 100 valence electrons. The zero-order chi connectivity index (χ0) is 14.2. The molecule has 2 rings (SSSR count). The van der Waals surface area contributed by atoms with Crippen molar-refractivity contribution in [2.75, 3.05) is 0 Å². The summed E-state index contributed by atoms with van der Waals surface area (Å²) in [5, 5.41) is 0. The minimum absolute atomic E-state index is 0.0120. The van der Waals surface area contributed by atoms with E-state index in [9.17, 15) is 8.78 Å². The van der Waals surface area contributed by atoms with E-state index in [-0.39, 0.29) is 5.56 Å². The molecular formula is C13H6Br4F2. The number of alkyl halides is 1. The Morgan fingerprint density at radius 3 is 2.00 bits per heavy atom. The summed E-state index contributed by atoms with van der Waals surface area (Å²) in [6, 6.07) is 7.98. The first-order valence-corrected chi connectivity index (χ1v) is 8.43. The number of benzene rings is 2. The molecule has 0 radical (unpaired) electrons. The molecule has 0 aliphatic carbocycles. The predicted octanol–water partition coefficient (Wildman–Crippen LogP) is 6.74. The van der Waals surface area contributed by atoms with Gasteiger partial charge in [-0.05, 0) is 35.9 Å². The van der Waals surface area contributed by atoms with Crippen molar-refractivity contribution in [3.05, 3.63) is 66.5 Å². The summed E-state index contributed by atoms with van der Waals surface area (Å²) in [5.41, 5.74) is 0.733. The summed E-state index contributed by atoms with van der Waals surface area (Å²) in [6.45, 7) is 0. The first kappa shape index (κ1) is 15.6. The fourth-order valence-electron chi connectivity index (χ4n) is 1.66. The van der Waals surface area contributed by atoms with Crippen LogP contribution in [0.2, 0.25) is 0 Å². The molecule has 1 unspecified atom stereocenters. The Labute approximate surface area is 143 Å². The van der Waals surface area contributed by atoms with Crippen molar-refractivity contribution in [1.29, 1.82) is 0 Å². The van der Waals surface area contributed by atoms with E-state index >= 15 is 0 Å². The van der Waals surface area contributed by atoms with Crippen LogP contribution in [0.15, 0.2) is 43.7 Å². The number of halogens is 6. The van der Waals surface area contributed by atoms with E-state index < -0.39 is 16.5 Å². The molecular weight excluding hydrogens is 514 g/mol. The highest BCUT2D eigenvalue weighted by molar-refractivity contribution is 9.11. The van der Waals surface area contributed by atoms with E-state index in [2.05, 4.69) is 63.7 Å². The molecule has 1 atom stereocenters. The molecule has 0 amide bonds. The third kappa shape index (κ3) is 3.46. The third-order valence-corrected chi connectivity index (χ3v) is 5.15. The molecule has 0 saturated heterocycles. The van der Waals surface area contributed by atoms with Gasteiger partial charge in [0.05, 0.1) is 4.83 Å². The van der Waals surface area contributed by atoms with Gasteiger partial charge in [0.2, 0.25) is 0 Å². The second-order valence-corrected chi connectivity index (χ2v) is 7.41. The molecule has 6 heteroatoms. The van der Waals surface area contributed by atoms with Crippen LogP contribution >= 0.6 is 63.7 Å². The van der Waals surface area contributed by atoms with Crippen molar-refractivity contribution < 1.29 is 8.78 Å². The predicted molar refractivity (Wildman–Crippen MR) is 86.7 cm³/mol. The summed E-state index contributed by atoms with van der Waals surface area (Å²) >= 11 is 13.2. The topological polar surface area (TPSA) is 0 Å². The van der Waals surface area contributed by atoms with Gasteiger partial charge in [0.1, 0.15) is 11.6 Å². The molecule has 0 aliphatic rings. The van der Waals surface area contributed by atoms with Crippen molar-refractivity contribution in [3.8, 4) is 0 Å². The molecule has 0 spiro atoms. The minimum Gasteiger partial charge on any atom is -0.206 e. The standard InChI is InChI=1S/C13H6Br4F2/c14-6-1-2-9(16)8(3-6)13(17)12-10(18)4-7(15)5-11(12)19/h1-5,13H. The van der Waals surface area contributed by atoms with Gasteiger partial charge in [-0.25, -0.2) is 8.78 Å². The Kier molecular flexibility index (Phi) is 5.20. The van der Waals surface area contributed by atoms with Crippen LogP contribution < -0.4 is 0 Å². The lowest BCUT2D eigenvalue weighted by molar-refractivity contribution is 0.559. The minimum atomic E-state index is -0.597. The summed E-state index contributed by atoms with van der Waals surface area (Å²) in [7, 11) is 0. The molecule has 2 aromatic carbocycles. The van der Waals surface area contributed by atoms with Crippen LogP contribution in [0.3, 0.4) is 0 Å². The Balaban J connectivity index is 2.56. The first-order chi connectivity index (χ1) is 8.90. The Morgan fingerprint density at radius 2 is 1.42 bits per heavy atom. The monoisotopic (exact) mass is 516 g/mol. The molecule has 0 aliphatic heterocycles. The average Bonchev–Trinajstić information content (AvgIpc) is 2.30. The van der Waals surface area contributed by atoms with Crippen LogP contribution in [-0.4, -0.2) is 0 Å². The highest BCUT2D eigenvalue weighted by Gasteiger charge is 2.22. The zero-order valence-electron chi connectivity index (χ0n) is 9.23. The molecule has 0 saturated carbocycles. The van der Waals surface area contributed by atoms with E-state index in [1.165, 1.54) is 12.1 Å². The summed E-state index contributed by atoms with van der Waals surface area (Å²) in [6.07, 6.45) is 0. The van der Waals surface area contributed by atoms with Crippen molar-refractivity contribution in [2.24, 2.45) is 0 Å². The van der Waals surface area contributed by atoms with Crippen LogP contribution in [0, 0.1) is 11.6 Å². The van der Waals surface area contributed by atoms with Crippen molar-refractivity contribution in [1.82, 2.24) is 0 Å². The fourth-order valence-corrected chi connectivity index (χ4v) is 4.04. The zero-order valence-corrected chi connectivity index (χ0v) is 15.6. The van der Waals surface area contributed by atoms with Crippen LogP contribution in [-0.2, 0) is 0 Å². The maximum Gasteiger partial charge on any atom is 0.131 e. The highest BCUT2D eigenvalue weighted by Crippen LogP contribution is 2.39. The molecule has 0 heterocycles. The van der Waals surface area contributed by atoms with Crippen LogP contribution in [0.1, 0.15) is 16.0 Å². The molecule has 0 nitrogen and oxygen atoms in total. The van der Waals surface area contributed by atoms with Gasteiger partial charge >= 0.3 is 0 Å². The van der Waals surface area contributed by atoms with Gasteiger partial charge in [-0.15, -0.1) is 0 Å². The van der Waals surface area contributed by atoms with Gasteiger partial charge in [-0.3, -0.25) is 0 Å². The van der Waals surface area contributed by atoms with Crippen molar-refractivity contribution >= 4 is 63.7 Å². The van der Waals surface area contributed by atoms with E-state index in [0.717, 1.165) is 14.5 Å². The van der Waals surface area contributed by atoms with Crippen LogP contribution in [0.5, 0.6) is 0 Å². The van der Waals surface area contributed by atoms with Crippen LogP contribution in [0.4, 0.5) is 8.78 Å². The molecule has 0 aromatic heterocycles. The Bertz CT molecular complexity index is 605. The highest BCUT2D eigenvalue weighted by atomic mass is 79.9.